The predicted molar refractivity (Wildman–Crippen MR) is 128 cm³/mol. The zero-order valence-electron chi connectivity index (χ0n) is 19.2. The number of rotatable bonds is 8. The second-order valence-corrected chi connectivity index (χ2v) is 10.5. The van der Waals surface area contributed by atoms with Crippen LogP contribution in [0.3, 0.4) is 0 Å². The highest BCUT2D eigenvalue weighted by Crippen LogP contribution is 2.22. The molecule has 0 bridgehead atoms. The van der Waals surface area contributed by atoms with Crippen molar-refractivity contribution in [3.8, 4) is 11.3 Å². The lowest BCUT2D eigenvalue weighted by Crippen LogP contribution is -2.35. The first-order valence-electron chi connectivity index (χ1n) is 11.5. The van der Waals surface area contributed by atoms with Crippen LogP contribution < -0.4 is 0 Å². The molecule has 0 spiro atoms. The Hall–Kier alpha value is -3.04. The molecule has 3 aromatic rings. The summed E-state index contributed by atoms with van der Waals surface area (Å²) in [5, 5.41) is 7.21. The highest BCUT2D eigenvalue weighted by molar-refractivity contribution is 7.89. The van der Waals surface area contributed by atoms with Gasteiger partial charge in [0.2, 0.25) is 10.0 Å². The molecule has 4 rings (SSSR count). The Labute approximate surface area is 199 Å². The molecule has 0 saturated carbocycles. The molecule has 2 heterocycles. The van der Waals surface area contributed by atoms with Gasteiger partial charge >= 0.3 is 0 Å². The minimum absolute atomic E-state index is 0.163. The second kappa shape index (κ2) is 10.5. The fraction of sp³-hybridized carbons (Fsp3) is 0.360. The van der Waals surface area contributed by atoms with Crippen molar-refractivity contribution in [3.05, 3.63) is 71.7 Å². The highest BCUT2D eigenvalue weighted by Gasteiger charge is 2.26. The van der Waals surface area contributed by atoms with Crippen LogP contribution in [0.5, 0.6) is 0 Å². The molecule has 1 fully saturated rings. The summed E-state index contributed by atoms with van der Waals surface area (Å²) in [5.74, 6) is -0.532. The van der Waals surface area contributed by atoms with E-state index in [0.717, 1.165) is 25.0 Å². The molecule has 1 N–H and O–H groups in total. The third kappa shape index (κ3) is 5.53. The smallest absolute Gasteiger partial charge is 0.253 e. The molecule has 0 unspecified atom stereocenters. The van der Waals surface area contributed by atoms with E-state index in [9.17, 15) is 17.6 Å². The Bertz CT molecular complexity index is 1250. The zero-order valence-corrected chi connectivity index (χ0v) is 20.0. The van der Waals surface area contributed by atoms with Crippen LogP contribution in [0.25, 0.3) is 11.3 Å². The summed E-state index contributed by atoms with van der Waals surface area (Å²) in [7, 11) is -1.88. The van der Waals surface area contributed by atoms with E-state index < -0.39 is 10.0 Å². The van der Waals surface area contributed by atoms with Gasteiger partial charge in [0, 0.05) is 43.5 Å². The minimum atomic E-state index is -3.59. The van der Waals surface area contributed by atoms with Gasteiger partial charge < -0.3 is 4.90 Å². The molecule has 1 saturated heterocycles. The first-order valence-corrected chi connectivity index (χ1v) is 12.9. The number of aromatic nitrogens is 2. The number of halogens is 1. The molecular weight excluding hydrogens is 455 g/mol. The first kappa shape index (κ1) is 24.1. The van der Waals surface area contributed by atoms with Crippen molar-refractivity contribution in [2.24, 2.45) is 0 Å². The summed E-state index contributed by atoms with van der Waals surface area (Å²) in [4.78, 5) is 14.7. The van der Waals surface area contributed by atoms with Gasteiger partial charge in [-0.3, -0.25) is 9.89 Å². The predicted octanol–water partition coefficient (Wildman–Crippen LogP) is 4.10. The molecule has 9 heteroatoms. The van der Waals surface area contributed by atoms with Gasteiger partial charge in [0.05, 0.1) is 10.6 Å². The summed E-state index contributed by atoms with van der Waals surface area (Å²) < 4.78 is 40.9. The van der Waals surface area contributed by atoms with Gasteiger partial charge in [0.15, 0.2) is 0 Å². The lowest BCUT2D eigenvalue weighted by molar-refractivity contribution is 0.0793. The van der Waals surface area contributed by atoms with Gasteiger partial charge in [0.25, 0.3) is 5.91 Å². The molecule has 1 aliphatic rings. The van der Waals surface area contributed by atoms with E-state index in [2.05, 4.69) is 10.2 Å². The summed E-state index contributed by atoms with van der Waals surface area (Å²) in [6, 6.07) is 14.4. The Kier molecular flexibility index (Phi) is 7.43. The van der Waals surface area contributed by atoms with Crippen LogP contribution in [0.2, 0.25) is 0 Å². The quantitative estimate of drug-likeness (QED) is 0.522. The number of H-pyrrole nitrogens is 1. The first-order chi connectivity index (χ1) is 16.3. The van der Waals surface area contributed by atoms with Crippen LogP contribution >= 0.6 is 0 Å². The number of benzene rings is 2. The van der Waals surface area contributed by atoms with E-state index in [-0.39, 0.29) is 16.6 Å². The third-order valence-corrected chi connectivity index (χ3v) is 7.97. The largest absolute Gasteiger partial charge is 0.342 e. The number of carbonyl (C=O) groups excluding carboxylic acids is 1. The Morgan fingerprint density at radius 1 is 1.09 bits per heavy atom. The molecule has 0 radical (unpaired) electrons. The number of piperidine rings is 1. The maximum atomic E-state index is 13.4. The van der Waals surface area contributed by atoms with E-state index in [1.807, 2.05) is 6.07 Å². The topological polar surface area (TPSA) is 86.4 Å². The molecule has 1 aromatic heterocycles. The number of hydrogen-bond acceptors (Lipinski definition) is 4. The summed E-state index contributed by atoms with van der Waals surface area (Å²) >= 11 is 0. The van der Waals surface area contributed by atoms with Gasteiger partial charge in [-0.05, 0) is 62.1 Å². The average molecular weight is 485 g/mol. The van der Waals surface area contributed by atoms with E-state index in [1.165, 1.54) is 22.5 Å². The zero-order chi connectivity index (χ0) is 24.1. The van der Waals surface area contributed by atoms with Crippen molar-refractivity contribution >= 4 is 15.9 Å². The SMILES string of the molecule is CN(CCCc1cc(-c2cccc(F)c2)n[nH]1)C(=O)c1cccc(S(=O)(=O)N2CCCCC2)c1. The van der Waals surface area contributed by atoms with Gasteiger partial charge in [0.1, 0.15) is 5.82 Å². The van der Waals surface area contributed by atoms with Gasteiger partial charge in [-0.1, -0.05) is 24.6 Å². The number of amides is 1. The number of nitrogens with one attached hydrogen (secondary N) is 1. The second-order valence-electron chi connectivity index (χ2n) is 8.61. The summed E-state index contributed by atoms with van der Waals surface area (Å²) in [6.07, 6.45) is 4.13. The van der Waals surface area contributed by atoms with Gasteiger partial charge in [-0.2, -0.15) is 9.40 Å². The number of nitrogens with zero attached hydrogens (tertiary/aromatic N) is 3. The van der Waals surface area contributed by atoms with Crippen LogP contribution in [0.1, 0.15) is 41.7 Å². The van der Waals surface area contributed by atoms with Gasteiger partial charge in [-0.25, -0.2) is 12.8 Å². The Morgan fingerprint density at radius 2 is 1.85 bits per heavy atom. The normalized spacial score (nSPS) is 14.8. The lowest BCUT2D eigenvalue weighted by atomic mass is 10.1. The Morgan fingerprint density at radius 3 is 2.62 bits per heavy atom. The average Bonchev–Trinajstić information content (AvgIpc) is 3.33. The monoisotopic (exact) mass is 484 g/mol. The van der Waals surface area contributed by atoms with Crippen molar-refractivity contribution in [2.75, 3.05) is 26.7 Å². The van der Waals surface area contributed by atoms with Crippen molar-refractivity contribution < 1.29 is 17.6 Å². The Balaban J connectivity index is 1.35. The van der Waals surface area contributed by atoms with Crippen LogP contribution in [0.15, 0.2) is 59.5 Å². The van der Waals surface area contributed by atoms with Crippen molar-refractivity contribution in [1.29, 1.82) is 0 Å². The maximum absolute atomic E-state index is 13.4. The summed E-state index contributed by atoms with van der Waals surface area (Å²) in [6.45, 7) is 1.54. The molecule has 0 aliphatic carbocycles. The van der Waals surface area contributed by atoms with Crippen molar-refractivity contribution in [1.82, 2.24) is 19.4 Å². The van der Waals surface area contributed by atoms with Gasteiger partial charge in [-0.15, -0.1) is 0 Å². The van der Waals surface area contributed by atoms with Crippen molar-refractivity contribution in [2.45, 2.75) is 37.0 Å². The molecule has 1 amide bonds. The number of carbonyl (C=O) groups is 1. The number of aryl methyl sites for hydroxylation is 1. The highest BCUT2D eigenvalue weighted by atomic mass is 32.2. The molecule has 1 aliphatic heterocycles. The molecule has 180 valence electrons. The standard InChI is InChI=1S/C25H29FN4O3S/c1-29(13-7-11-22-18-24(28-27-22)19-8-5-10-21(26)16-19)25(31)20-9-6-12-23(17-20)34(32,33)30-14-3-2-4-15-30/h5-6,8-10,12,16-18H,2-4,7,11,13-15H2,1H3,(H,27,28). The summed E-state index contributed by atoms with van der Waals surface area (Å²) in [5.41, 5.74) is 2.63. The molecule has 2 aromatic carbocycles. The van der Waals surface area contributed by atoms with E-state index in [4.69, 9.17) is 0 Å². The van der Waals surface area contributed by atoms with Crippen LogP contribution in [0.4, 0.5) is 4.39 Å². The molecular formula is C25H29FN4O3S. The fourth-order valence-corrected chi connectivity index (χ4v) is 5.72. The van der Waals surface area contributed by atoms with Crippen LogP contribution in [-0.2, 0) is 16.4 Å². The number of sulfonamides is 1. The molecule has 34 heavy (non-hydrogen) atoms. The van der Waals surface area contributed by atoms with Crippen LogP contribution in [0, 0.1) is 5.82 Å². The van der Waals surface area contributed by atoms with E-state index in [1.54, 1.807) is 42.3 Å². The molecule has 0 atom stereocenters. The lowest BCUT2D eigenvalue weighted by Gasteiger charge is -2.26. The third-order valence-electron chi connectivity index (χ3n) is 6.07. The van der Waals surface area contributed by atoms with Crippen molar-refractivity contribution in [3.63, 3.8) is 0 Å². The maximum Gasteiger partial charge on any atom is 0.253 e. The number of aromatic amines is 1. The minimum Gasteiger partial charge on any atom is -0.342 e. The van der Waals surface area contributed by atoms with E-state index >= 15 is 0 Å². The number of hydrogen-bond donors (Lipinski definition) is 1. The van der Waals surface area contributed by atoms with Crippen LogP contribution in [-0.4, -0.2) is 60.4 Å². The fourth-order valence-electron chi connectivity index (χ4n) is 4.16. The molecule has 7 nitrogen and oxygen atoms in total. The van der Waals surface area contributed by atoms with E-state index in [0.29, 0.717) is 49.3 Å².